The standard InChI is InChI=1S/C30H21F6N7O5/c1-15-9-17(4-6-19(15)27(45)46)42-13-24(38-40-42)22-10-16(26(44)3-2-8-29(31,32)33)11-23(37-22)25-14-43(41-39-25)18-5-7-20(28(47)48)21(12-18)30(34,35)36/h4-7,9-14H,2-3,8H2,1H3,(H,45,46)(H,47,48). The van der Waals surface area contributed by atoms with Gasteiger partial charge in [-0.2, -0.15) is 26.3 Å². The molecule has 12 nitrogen and oxygen atoms in total. The number of carboxylic acids is 2. The van der Waals surface area contributed by atoms with Gasteiger partial charge >= 0.3 is 24.3 Å². The zero-order valence-electron chi connectivity index (χ0n) is 24.4. The Balaban J connectivity index is 1.54. The highest BCUT2D eigenvalue weighted by atomic mass is 19.4. The van der Waals surface area contributed by atoms with Crippen LogP contribution in [-0.2, 0) is 6.18 Å². The van der Waals surface area contributed by atoms with Crippen LogP contribution in [0.1, 0.15) is 61.5 Å². The number of ketones is 1. The zero-order valence-corrected chi connectivity index (χ0v) is 24.4. The Morgan fingerprint density at radius 3 is 1.73 bits per heavy atom. The number of carbonyl (C=O) groups excluding carboxylic acids is 1. The minimum atomic E-state index is -5.00. The molecule has 0 fully saturated rings. The summed E-state index contributed by atoms with van der Waals surface area (Å²) in [6.45, 7) is 1.59. The average Bonchev–Trinajstić information content (AvgIpc) is 3.70. The lowest BCUT2D eigenvalue weighted by atomic mass is 10.0. The number of hydrogen-bond acceptors (Lipinski definition) is 8. The van der Waals surface area contributed by atoms with Crippen molar-refractivity contribution in [1.82, 2.24) is 35.0 Å². The van der Waals surface area contributed by atoms with Gasteiger partial charge in [0.1, 0.15) is 11.4 Å². The largest absolute Gasteiger partial charge is 0.478 e. The molecule has 0 saturated heterocycles. The van der Waals surface area contributed by atoms with Crippen molar-refractivity contribution in [2.24, 2.45) is 0 Å². The Morgan fingerprint density at radius 2 is 1.25 bits per heavy atom. The van der Waals surface area contributed by atoms with E-state index < -0.39 is 60.5 Å². The van der Waals surface area contributed by atoms with E-state index in [1.165, 1.54) is 41.3 Å². The van der Waals surface area contributed by atoms with E-state index in [1.807, 2.05) is 0 Å². The molecule has 5 rings (SSSR count). The zero-order chi connectivity index (χ0) is 35.0. The van der Waals surface area contributed by atoms with E-state index in [-0.39, 0.29) is 39.6 Å². The van der Waals surface area contributed by atoms with Gasteiger partial charge in [-0.3, -0.25) is 4.79 Å². The van der Waals surface area contributed by atoms with Crippen LogP contribution < -0.4 is 0 Å². The maximum atomic E-state index is 13.6. The van der Waals surface area contributed by atoms with Crippen LogP contribution in [-0.4, -0.2) is 69.1 Å². The van der Waals surface area contributed by atoms with Gasteiger partial charge in [-0.25, -0.2) is 23.9 Å². The van der Waals surface area contributed by atoms with Crippen molar-refractivity contribution >= 4 is 17.7 Å². The van der Waals surface area contributed by atoms with E-state index >= 15 is 0 Å². The number of halogens is 6. The average molecular weight is 674 g/mol. The first-order chi connectivity index (χ1) is 22.5. The molecule has 0 radical (unpaired) electrons. The van der Waals surface area contributed by atoms with Gasteiger partial charge in [-0.15, -0.1) is 10.2 Å². The van der Waals surface area contributed by atoms with Crippen LogP contribution in [0.15, 0.2) is 60.9 Å². The first-order valence-electron chi connectivity index (χ1n) is 13.8. The number of aromatic carboxylic acids is 2. The van der Waals surface area contributed by atoms with E-state index in [0.29, 0.717) is 17.3 Å². The van der Waals surface area contributed by atoms with E-state index in [2.05, 4.69) is 25.6 Å². The number of alkyl halides is 6. The lowest BCUT2D eigenvalue weighted by Gasteiger charge is -2.11. The fourth-order valence-electron chi connectivity index (χ4n) is 4.69. The van der Waals surface area contributed by atoms with Gasteiger partial charge in [0.05, 0.1) is 51.8 Å². The van der Waals surface area contributed by atoms with Crippen molar-refractivity contribution in [2.75, 3.05) is 0 Å². The molecule has 2 N–H and O–H groups in total. The topological polar surface area (TPSA) is 166 Å². The summed E-state index contributed by atoms with van der Waals surface area (Å²) in [5.74, 6) is -3.57. The monoisotopic (exact) mass is 673 g/mol. The molecule has 0 spiro atoms. The lowest BCUT2D eigenvalue weighted by Crippen LogP contribution is -2.14. The van der Waals surface area contributed by atoms with E-state index in [0.717, 1.165) is 16.8 Å². The Kier molecular flexibility index (Phi) is 8.84. The maximum absolute atomic E-state index is 13.6. The van der Waals surface area contributed by atoms with Gasteiger partial charge < -0.3 is 10.2 Å². The molecule has 3 aromatic heterocycles. The van der Waals surface area contributed by atoms with Crippen LogP contribution in [0.25, 0.3) is 34.2 Å². The molecule has 48 heavy (non-hydrogen) atoms. The number of pyridine rings is 1. The van der Waals surface area contributed by atoms with Crippen molar-refractivity contribution in [2.45, 2.75) is 38.5 Å². The summed E-state index contributed by atoms with van der Waals surface area (Å²) in [5, 5.41) is 34.3. The number of aromatic nitrogens is 7. The summed E-state index contributed by atoms with van der Waals surface area (Å²) >= 11 is 0. The summed E-state index contributed by atoms with van der Waals surface area (Å²) in [5.41, 5.74) is -1.66. The summed E-state index contributed by atoms with van der Waals surface area (Å²) < 4.78 is 81.2. The van der Waals surface area contributed by atoms with E-state index in [9.17, 15) is 50.9 Å². The molecule has 0 aliphatic rings. The van der Waals surface area contributed by atoms with Gasteiger partial charge in [0.15, 0.2) is 5.78 Å². The molecule has 0 amide bonds. The second-order valence-corrected chi connectivity index (χ2v) is 10.5. The second kappa shape index (κ2) is 12.7. The summed E-state index contributed by atoms with van der Waals surface area (Å²) in [6.07, 6.45) is -9.02. The first kappa shape index (κ1) is 33.4. The molecule has 248 valence electrons. The minimum Gasteiger partial charge on any atom is -0.478 e. The minimum absolute atomic E-state index is 0.0349. The molecule has 0 bridgehead atoms. The number of aryl methyl sites for hydroxylation is 1. The number of benzene rings is 2. The van der Waals surface area contributed by atoms with Crippen LogP contribution in [0.3, 0.4) is 0 Å². The van der Waals surface area contributed by atoms with Crippen molar-refractivity contribution in [1.29, 1.82) is 0 Å². The van der Waals surface area contributed by atoms with E-state index in [1.54, 1.807) is 13.0 Å². The Labute approximate surface area is 265 Å². The number of nitrogens with zero attached hydrogens (tertiary/aromatic N) is 7. The summed E-state index contributed by atoms with van der Waals surface area (Å²) in [6, 6.07) is 9.36. The normalized spacial score (nSPS) is 11.9. The molecular formula is C30H21F6N7O5. The molecule has 2 aromatic carbocycles. The quantitative estimate of drug-likeness (QED) is 0.128. The van der Waals surface area contributed by atoms with Crippen LogP contribution >= 0.6 is 0 Å². The molecule has 0 unspecified atom stereocenters. The molecule has 0 atom stereocenters. The third-order valence-electron chi connectivity index (χ3n) is 7.03. The van der Waals surface area contributed by atoms with Crippen LogP contribution in [0.2, 0.25) is 0 Å². The van der Waals surface area contributed by atoms with Crippen molar-refractivity contribution in [3.05, 3.63) is 88.7 Å². The van der Waals surface area contributed by atoms with Gasteiger partial charge in [-0.1, -0.05) is 10.4 Å². The third-order valence-corrected chi connectivity index (χ3v) is 7.03. The van der Waals surface area contributed by atoms with Gasteiger partial charge in [-0.05, 0) is 67.4 Å². The van der Waals surface area contributed by atoms with Gasteiger partial charge in [0.25, 0.3) is 0 Å². The smallest absolute Gasteiger partial charge is 0.417 e. The number of hydrogen-bond donors (Lipinski definition) is 2. The van der Waals surface area contributed by atoms with Crippen LogP contribution in [0.5, 0.6) is 0 Å². The van der Waals surface area contributed by atoms with Crippen molar-refractivity contribution in [3.8, 4) is 34.2 Å². The number of Topliss-reactive ketones (excluding diaryl/α,β-unsaturated/α-hetero) is 1. The number of rotatable bonds is 10. The van der Waals surface area contributed by atoms with Gasteiger partial charge in [0.2, 0.25) is 0 Å². The maximum Gasteiger partial charge on any atom is 0.417 e. The molecule has 5 aromatic rings. The Morgan fingerprint density at radius 1 is 0.729 bits per heavy atom. The van der Waals surface area contributed by atoms with Gasteiger partial charge in [0, 0.05) is 18.4 Å². The number of carboxylic acid groups (broad SMARTS) is 2. The summed E-state index contributed by atoms with van der Waals surface area (Å²) in [4.78, 5) is 40.2. The second-order valence-electron chi connectivity index (χ2n) is 10.5. The molecule has 18 heteroatoms. The SMILES string of the molecule is Cc1cc(-n2cc(-c3cc(C(=O)CCCC(F)(F)F)cc(-c4cn(-c5ccc(C(=O)O)c(C(F)(F)F)c5)nn4)n3)nn2)ccc1C(=O)O. The van der Waals surface area contributed by atoms with Crippen LogP contribution in [0.4, 0.5) is 26.3 Å². The molecule has 0 aliphatic heterocycles. The predicted molar refractivity (Wildman–Crippen MR) is 153 cm³/mol. The van der Waals surface area contributed by atoms with Crippen LogP contribution in [0, 0.1) is 6.92 Å². The fraction of sp³-hybridized carbons (Fsp3) is 0.200. The van der Waals surface area contributed by atoms with Crippen molar-refractivity contribution in [3.63, 3.8) is 0 Å². The molecule has 0 saturated carbocycles. The molecule has 0 aliphatic carbocycles. The first-order valence-corrected chi connectivity index (χ1v) is 13.8. The Bertz CT molecular complexity index is 2050. The number of carbonyl (C=O) groups is 3. The summed E-state index contributed by atoms with van der Waals surface area (Å²) in [7, 11) is 0. The Hall–Kier alpha value is -5.94. The highest BCUT2D eigenvalue weighted by molar-refractivity contribution is 5.98. The highest BCUT2D eigenvalue weighted by Gasteiger charge is 2.36. The predicted octanol–water partition coefficient (Wildman–Crippen LogP) is 6.22. The van der Waals surface area contributed by atoms with Crippen molar-refractivity contribution < 1.29 is 50.9 Å². The molecule has 3 heterocycles. The highest BCUT2D eigenvalue weighted by Crippen LogP contribution is 2.34. The fourth-order valence-corrected chi connectivity index (χ4v) is 4.69. The van der Waals surface area contributed by atoms with E-state index in [4.69, 9.17) is 0 Å². The molecular weight excluding hydrogens is 652 g/mol. The lowest BCUT2D eigenvalue weighted by molar-refractivity contribution is -0.138. The third kappa shape index (κ3) is 7.37.